The first kappa shape index (κ1) is 13.2. The fraction of sp³-hybridized carbons (Fsp3) is 0.214. The third-order valence-corrected chi connectivity index (χ3v) is 2.72. The Hall–Kier alpha value is -2.27. The van der Waals surface area contributed by atoms with Crippen molar-refractivity contribution >= 4 is 11.6 Å². The van der Waals surface area contributed by atoms with Crippen LogP contribution in [0, 0.1) is 0 Å². The molecule has 0 aliphatic rings. The van der Waals surface area contributed by atoms with Gasteiger partial charge in [-0.25, -0.2) is 0 Å². The maximum atomic E-state index is 12.1. The maximum Gasteiger partial charge on any atom is 0.272 e. The number of phenolic OH excluding ortho intramolecular Hbond substituents is 1. The molecule has 2 aromatic rings. The summed E-state index contributed by atoms with van der Waals surface area (Å²) < 4.78 is 6.83. The molecule has 0 saturated carbocycles. The summed E-state index contributed by atoms with van der Waals surface area (Å²) in [7, 11) is 1.62. The van der Waals surface area contributed by atoms with Gasteiger partial charge in [0.2, 0.25) is 0 Å². The van der Waals surface area contributed by atoms with Crippen LogP contribution >= 0.6 is 0 Å². The largest absolute Gasteiger partial charge is 0.508 e. The van der Waals surface area contributed by atoms with Gasteiger partial charge in [0, 0.05) is 25.5 Å². The fourth-order valence-electron chi connectivity index (χ4n) is 1.74. The van der Waals surface area contributed by atoms with Gasteiger partial charge in [-0.1, -0.05) is 0 Å². The lowest BCUT2D eigenvalue weighted by atomic mass is 10.3. The molecule has 0 unspecified atom stereocenters. The molecule has 5 heteroatoms. The van der Waals surface area contributed by atoms with Gasteiger partial charge in [0.05, 0.1) is 6.61 Å². The average molecular weight is 260 g/mol. The van der Waals surface area contributed by atoms with Crippen LogP contribution in [0.5, 0.6) is 5.75 Å². The van der Waals surface area contributed by atoms with Gasteiger partial charge < -0.3 is 19.7 Å². The van der Waals surface area contributed by atoms with E-state index in [1.165, 1.54) is 12.1 Å². The number of ether oxygens (including phenoxy) is 1. The number of nitrogens with zero attached hydrogens (tertiary/aromatic N) is 1. The lowest BCUT2D eigenvalue weighted by Crippen LogP contribution is -2.18. The summed E-state index contributed by atoms with van der Waals surface area (Å²) >= 11 is 0. The molecular formula is C14H16N2O3. The molecule has 0 radical (unpaired) electrons. The number of carbonyl (C=O) groups is 1. The highest BCUT2D eigenvalue weighted by atomic mass is 16.5. The fourth-order valence-corrected chi connectivity index (χ4v) is 1.74. The minimum atomic E-state index is -0.188. The van der Waals surface area contributed by atoms with Crippen LogP contribution in [0.1, 0.15) is 10.5 Å². The number of rotatable bonds is 5. The average Bonchev–Trinajstić information content (AvgIpc) is 2.87. The predicted octanol–water partition coefficient (Wildman–Crippen LogP) is 2.09. The minimum absolute atomic E-state index is 0.168. The third kappa shape index (κ3) is 3.35. The predicted molar refractivity (Wildman–Crippen MR) is 72.4 cm³/mol. The Morgan fingerprint density at radius 2 is 2.05 bits per heavy atom. The molecule has 0 fully saturated rings. The standard InChI is InChI=1S/C14H16N2O3/c1-19-10-9-16-8-2-3-13(16)14(18)15-11-4-6-12(17)7-5-11/h2-8,17H,9-10H2,1H3,(H,15,18). The van der Waals surface area contributed by atoms with Gasteiger partial charge in [-0.15, -0.1) is 0 Å². The molecule has 19 heavy (non-hydrogen) atoms. The summed E-state index contributed by atoms with van der Waals surface area (Å²) in [6.07, 6.45) is 1.84. The molecule has 1 heterocycles. The number of amides is 1. The molecule has 0 spiro atoms. The summed E-state index contributed by atoms with van der Waals surface area (Å²) in [6.45, 7) is 1.18. The maximum absolute atomic E-state index is 12.1. The van der Waals surface area contributed by atoms with Crippen LogP contribution in [0.25, 0.3) is 0 Å². The van der Waals surface area contributed by atoms with Crippen LogP contribution in [-0.4, -0.2) is 29.3 Å². The van der Waals surface area contributed by atoms with E-state index in [-0.39, 0.29) is 11.7 Å². The van der Waals surface area contributed by atoms with E-state index in [0.717, 1.165) is 0 Å². The van der Waals surface area contributed by atoms with Crippen LogP contribution in [-0.2, 0) is 11.3 Å². The summed E-state index contributed by atoms with van der Waals surface area (Å²) in [6, 6.07) is 9.93. The third-order valence-electron chi connectivity index (χ3n) is 2.72. The smallest absolute Gasteiger partial charge is 0.272 e. The summed E-state index contributed by atoms with van der Waals surface area (Å²) in [5.41, 5.74) is 1.22. The number of benzene rings is 1. The van der Waals surface area contributed by atoms with Crippen LogP contribution < -0.4 is 5.32 Å². The Bertz CT molecular complexity index is 546. The lowest BCUT2D eigenvalue weighted by Gasteiger charge is -2.09. The molecule has 1 aromatic heterocycles. The van der Waals surface area contributed by atoms with Gasteiger partial charge in [0.15, 0.2) is 0 Å². The monoisotopic (exact) mass is 260 g/mol. The second kappa shape index (κ2) is 6.06. The molecule has 0 atom stereocenters. The van der Waals surface area contributed by atoms with Crippen molar-refractivity contribution in [3.05, 3.63) is 48.3 Å². The molecule has 2 rings (SSSR count). The molecule has 5 nitrogen and oxygen atoms in total. The van der Waals surface area contributed by atoms with Gasteiger partial charge in [0.1, 0.15) is 11.4 Å². The van der Waals surface area contributed by atoms with Crippen molar-refractivity contribution in [2.24, 2.45) is 0 Å². The van der Waals surface area contributed by atoms with E-state index >= 15 is 0 Å². The van der Waals surface area contributed by atoms with E-state index in [4.69, 9.17) is 4.74 Å². The summed E-state index contributed by atoms with van der Waals surface area (Å²) in [4.78, 5) is 12.1. The molecule has 0 saturated heterocycles. The topological polar surface area (TPSA) is 63.5 Å². The number of aromatic hydroxyl groups is 1. The Morgan fingerprint density at radius 1 is 1.32 bits per heavy atom. The number of carbonyl (C=O) groups excluding carboxylic acids is 1. The highest BCUT2D eigenvalue weighted by molar-refractivity contribution is 6.03. The Balaban J connectivity index is 2.07. The first-order valence-corrected chi connectivity index (χ1v) is 5.95. The first-order valence-electron chi connectivity index (χ1n) is 5.95. The molecular weight excluding hydrogens is 244 g/mol. The Morgan fingerprint density at radius 3 is 2.74 bits per heavy atom. The van der Waals surface area contributed by atoms with Crippen molar-refractivity contribution in [3.8, 4) is 5.75 Å². The Labute approximate surface area is 111 Å². The van der Waals surface area contributed by atoms with Gasteiger partial charge in [-0.05, 0) is 36.4 Å². The highest BCUT2D eigenvalue weighted by Gasteiger charge is 2.10. The molecule has 0 bridgehead atoms. The first-order chi connectivity index (χ1) is 9.20. The zero-order valence-electron chi connectivity index (χ0n) is 10.7. The van der Waals surface area contributed by atoms with E-state index in [9.17, 15) is 9.90 Å². The quantitative estimate of drug-likeness (QED) is 0.809. The number of aromatic nitrogens is 1. The molecule has 100 valence electrons. The van der Waals surface area contributed by atoms with Crippen molar-refractivity contribution in [2.45, 2.75) is 6.54 Å². The molecule has 1 amide bonds. The van der Waals surface area contributed by atoms with Crippen LogP contribution in [0.4, 0.5) is 5.69 Å². The molecule has 0 aliphatic heterocycles. The van der Waals surface area contributed by atoms with E-state index < -0.39 is 0 Å². The van der Waals surface area contributed by atoms with Gasteiger partial charge in [-0.2, -0.15) is 0 Å². The van der Waals surface area contributed by atoms with Crippen molar-refractivity contribution in [2.75, 3.05) is 19.0 Å². The Kier molecular flexibility index (Phi) is 4.20. The van der Waals surface area contributed by atoms with Crippen LogP contribution in [0.2, 0.25) is 0 Å². The van der Waals surface area contributed by atoms with Crippen molar-refractivity contribution in [3.63, 3.8) is 0 Å². The number of hydrogen-bond acceptors (Lipinski definition) is 3. The summed E-state index contributed by atoms with van der Waals surface area (Å²) in [5, 5.41) is 12.0. The van der Waals surface area contributed by atoms with E-state index in [0.29, 0.717) is 24.5 Å². The number of nitrogens with one attached hydrogen (secondary N) is 1. The lowest BCUT2D eigenvalue weighted by molar-refractivity contribution is 0.101. The van der Waals surface area contributed by atoms with E-state index in [1.807, 2.05) is 16.8 Å². The van der Waals surface area contributed by atoms with E-state index in [1.54, 1.807) is 25.3 Å². The number of hydrogen-bond donors (Lipinski definition) is 2. The molecule has 1 aromatic carbocycles. The van der Waals surface area contributed by atoms with Gasteiger partial charge >= 0.3 is 0 Å². The van der Waals surface area contributed by atoms with Crippen molar-refractivity contribution in [1.29, 1.82) is 0 Å². The zero-order chi connectivity index (χ0) is 13.7. The van der Waals surface area contributed by atoms with Crippen molar-refractivity contribution in [1.82, 2.24) is 4.57 Å². The molecule has 2 N–H and O–H groups in total. The second-order valence-electron chi connectivity index (χ2n) is 4.08. The van der Waals surface area contributed by atoms with Gasteiger partial charge in [0.25, 0.3) is 5.91 Å². The number of methoxy groups -OCH3 is 1. The van der Waals surface area contributed by atoms with Crippen LogP contribution in [0.15, 0.2) is 42.6 Å². The molecule has 0 aliphatic carbocycles. The second-order valence-corrected chi connectivity index (χ2v) is 4.08. The SMILES string of the molecule is COCCn1cccc1C(=O)Nc1ccc(O)cc1. The highest BCUT2D eigenvalue weighted by Crippen LogP contribution is 2.15. The number of anilines is 1. The minimum Gasteiger partial charge on any atom is -0.508 e. The van der Waals surface area contributed by atoms with Crippen molar-refractivity contribution < 1.29 is 14.6 Å². The number of phenols is 1. The normalized spacial score (nSPS) is 10.4. The summed E-state index contributed by atoms with van der Waals surface area (Å²) in [5.74, 6) is -0.0201. The zero-order valence-corrected chi connectivity index (χ0v) is 10.7. The van der Waals surface area contributed by atoms with E-state index in [2.05, 4.69) is 5.32 Å². The van der Waals surface area contributed by atoms with Gasteiger partial charge in [-0.3, -0.25) is 4.79 Å². The van der Waals surface area contributed by atoms with Crippen LogP contribution in [0.3, 0.4) is 0 Å².